The molecule has 4 aromatic rings. The molecule has 1 atom stereocenters. The third kappa shape index (κ3) is 7.46. The summed E-state index contributed by atoms with van der Waals surface area (Å²) in [6.45, 7) is 8.22. The van der Waals surface area contributed by atoms with E-state index < -0.39 is 0 Å². The lowest BCUT2D eigenvalue weighted by Gasteiger charge is -2.45. The SMILES string of the molecule is Cc1ccc(CNC(=O)CC2c3ccccc3N=C(N3CCN(CCN(C)C)CC3)N2c2ccc(-c3ccc(F)cc3)cc2)cc1. The van der Waals surface area contributed by atoms with Crippen molar-refractivity contribution in [3.8, 4) is 11.1 Å². The number of nitrogens with zero attached hydrogens (tertiary/aromatic N) is 5. The van der Waals surface area contributed by atoms with Crippen LogP contribution in [-0.2, 0) is 11.3 Å². The first-order valence-electron chi connectivity index (χ1n) is 16.1. The lowest BCUT2D eigenvalue weighted by molar-refractivity contribution is -0.121. The van der Waals surface area contributed by atoms with E-state index in [9.17, 15) is 9.18 Å². The molecule has 7 nitrogen and oxygen atoms in total. The molecule has 0 aromatic heterocycles. The monoisotopic (exact) mass is 618 g/mol. The van der Waals surface area contributed by atoms with Crippen LogP contribution in [0.4, 0.5) is 15.8 Å². The highest BCUT2D eigenvalue weighted by Gasteiger charge is 2.36. The van der Waals surface area contributed by atoms with Gasteiger partial charge in [0.25, 0.3) is 0 Å². The number of nitrogens with one attached hydrogen (secondary N) is 1. The Morgan fingerprint density at radius 3 is 2.20 bits per heavy atom. The predicted molar refractivity (Wildman–Crippen MR) is 185 cm³/mol. The van der Waals surface area contributed by atoms with Gasteiger partial charge in [-0.1, -0.05) is 72.3 Å². The summed E-state index contributed by atoms with van der Waals surface area (Å²) in [6, 6.07) is 31.1. The topological polar surface area (TPSA) is 54.4 Å². The quantitative estimate of drug-likeness (QED) is 0.241. The van der Waals surface area contributed by atoms with Crippen LogP contribution in [0.3, 0.4) is 0 Å². The maximum atomic E-state index is 13.6. The second-order valence-electron chi connectivity index (χ2n) is 12.5. The lowest BCUT2D eigenvalue weighted by Crippen LogP contribution is -2.56. The normalized spacial score (nSPS) is 16.7. The Morgan fingerprint density at radius 1 is 0.870 bits per heavy atom. The van der Waals surface area contributed by atoms with Crippen molar-refractivity contribution in [1.82, 2.24) is 20.0 Å². The largest absolute Gasteiger partial charge is 0.352 e. The molecule has 2 aliphatic rings. The van der Waals surface area contributed by atoms with Crippen LogP contribution in [0.2, 0.25) is 0 Å². The molecule has 0 radical (unpaired) electrons. The van der Waals surface area contributed by atoms with Crippen LogP contribution in [0.15, 0.2) is 102 Å². The van der Waals surface area contributed by atoms with Crippen LogP contribution in [0.5, 0.6) is 0 Å². The van der Waals surface area contributed by atoms with E-state index in [-0.39, 0.29) is 24.2 Å². The molecule has 4 aromatic carbocycles. The van der Waals surface area contributed by atoms with Gasteiger partial charge in [0.1, 0.15) is 5.82 Å². The van der Waals surface area contributed by atoms with Gasteiger partial charge in [0.05, 0.1) is 18.2 Å². The summed E-state index contributed by atoms with van der Waals surface area (Å²) in [4.78, 5) is 28.2. The van der Waals surface area contributed by atoms with E-state index in [0.717, 1.165) is 78.9 Å². The van der Waals surface area contributed by atoms with Crippen molar-refractivity contribution < 1.29 is 9.18 Å². The molecule has 1 fully saturated rings. The van der Waals surface area contributed by atoms with Crippen LogP contribution >= 0.6 is 0 Å². The van der Waals surface area contributed by atoms with Gasteiger partial charge in [0.15, 0.2) is 0 Å². The van der Waals surface area contributed by atoms with Gasteiger partial charge in [-0.05, 0) is 68.0 Å². The van der Waals surface area contributed by atoms with E-state index in [0.29, 0.717) is 6.54 Å². The molecular formula is C38H43FN6O. The van der Waals surface area contributed by atoms with Crippen molar-refractivity contribution in [1.29, 1.82) is 0 Å². The Morgan fingerprint density at radius 2 is 1.52 bits per heavy atom. The maximum Gasteiger partial charge on any atom is 0.222 e. The second-order valence-corrected chi connectivity index (χ2v) is 12.5. The Balaban J connectivity index is 1.30. The molecule has 1 saturated heterocycles. The van der Waals surface area contributed by atoms with Crippen molar-refractivity contribution in [3.05, 3.63) is 120 Å². The van der Waals surface area contributed by atoms with Crippen LogP contribution in [0.25, 0.3) is 11.1 Å². The minimum atomic E-state index is -0.251. The average molecular weight is 619 g/mol. The Hall–Kier alpha value is -4.53. The number of carbonyl (C=O) groups is 1. The fourth-order valence-corrected chi connectivity index (χ4v) is 6.16. The Kier molecular flexibility index (Phi) is 9.76. The average Bonchev–Trinajstić information content (AvgIpc) is 3.07. The van der Waals surface area contributed by atoms with Crippen LogP contribution in [0.1, 0.15) is 29.2 Å². The molecule has 0 aliphatic carbocycles. The number of aryl methyl sites for hydroxylation is 1. The van der Waals surface area contributed by atoms with Gasteiger partial charge in [0.2, 0.25) is 11.9 Å². The lowest BCUT2D eigenvalue weighted by atomic mass is 9.96. The molecule has 46 heavy (non-hydrogen) atoms. The molecule has 8 heteroatoms. The fraction of sp³-hybridized carbons (Fsp3) is 0.316. The van der Waals surface area contributed by atoms with Crippen molar-refractivity contribution >= 4 is 23.2 Å². The van der Waals surface area contributed by atoms with E-state index in [1.807, 2.05) is 12.1 Å². The zero-order chi connectivity index (χ0) is 32.0. The summed E-state index contributed by atoms with van der Waals surface area (Å²) in [6.07, 6.45) is 0.282. The number of rotatable bonds is 9. The van der Waals surface area contributed by atoms with Crippen LogP contribution in [-0.4, -0.2) is 79.9 Å². The predicted octanol–water partition coefficient (Wildman–Crippen LogP) is 6.24. The molecule has 1 amide bonds. The standard InChI is InChI=1S/C38H43FN6O/c1-28-8-10-29(11-9-28)27-40-37(46)26-36-34-6-4-5-7-35(34)41-38(44-24-22-43(23-25-44)21-20-42(2)3)45(36)33-18-14-31(15-19-33)30-12-16-32(39)17-13-30/h4-19,36H,20-27H2,1-3H3,(H,40,46). The maximum absolute atomic E-state index is 13.6. The molecule has 1 unspecified atom stereocenters. The summed E-state index contributed by atoms with van der Waals surface area (Å²) in [7, 11) is 4.22. The van der Waals surface area contributed by atoms with Gasteiger partial charge in [-0.3, -0.25) is 9.69 Å². The highest BCUT2D eigenvalue weighted by Crippen LogP contribution is 2.41. The first-order valence-corrected chi connectivity index (χ1v) is 16.1. The van der Waals surface area contributed by atoms with E-state index in [4.69, 9.17) is 4.99 Å². The van der Waals surface area contributed by atoms with Gasteiger partial charge < -0.3 is 20.0 Å². The third-order valence-corrected chi connectivity index (χ3v) is 8.87. The third-order valence-electron chi connectivity index (χ3n) is 8.87. The Bertz CT molecular complexity index is 1640. The molecule has 0 saturated carbocycles. The molecule has 0 bridgehead atoms. The molecule has 6 rings (SSSR count). The number of hydrogen-bond donors (Lipinski definition) is 1. The fourth-order valence-electron chi connectivity index (χ4n) is 6.16. The number of hydrogen-bond acceptors (Lipinski definition) is 6. The zero-order valence-electron chi connectivity index (χ0n) is 27.0. The number of halogens is 1. The number of carbonyl (C=O) groups excluding carboxylic acids is 1. The molecule has 2 heterocycles. The van der Waals surface area contributed by atoms with Crippen molar-refractivity contribution in [2.75, 3.05) is 58.3 Å². The first-order chi connectivity index (χ1) is 22.3. The number of fused-ring (bicyclic) bond motifs is 1. The van der Waals surface area contributed by atoms with Gasteiger partial charge in [-0.2, -0.15) is 0 Å². The number of para-hydroxylation sites is 1. The van der Waals surface area contributed by atoms with Crippen molar-refractivity contribution in [3.63, 3.8) is 0 Å². The van der Waals surface area contributed by atoms with Crippen LogP contribution < -0.4 is 10.2 Å². The van der Waals surface area contributed by atoms with Crippen molar-refractivity contribution in [2.24, 2.45) is 4.99 Å². The highest BCUT2D eigenvalue weighted by molar-refractivity contribution is 6.01. The van der Waals surface area contributed by atoms with E-state index in [1.165, 1.54) is 17.7 Å². The number of piperazine rings is 1. The van der Waals surface area contributed by atoms with E-state index in [1.54, 1.807) is 12.1 Å². The molecular weight excluding hydrogens is 575 g/mol. The van der Waals surface area contributed by atoms with Gasteiger partial charge >= 0.3 is 0 Å². The van der Waals surface area contributed by atoms with Crippen molar-refractivity contribution in [2.45, 2.75) is 25.9 Å². The Labute approximate surface area is 272 Å². The van der Waals surface area contributed by atoms with E-state index in [2.05, 4.69) is 107 Å². The number of aliphatic imine (C=N–C) groups is 1. The van der Waals surface area contributed by atoms with Gasteiger partial charge in [-0.15, -0.1) is 0 Å². The smallest absolute Gasteiger partial charge is 0.222 e. The van der Waals surface area contributed by atoms with Crippen LogP contribution in [0, 0.1) is 12.7 Å². The summed E-state index contributed by atoms with van der Waals surface area (Å²) in [5.74, 6) is 0.610. The molecule has 0 spiro atoms. The summed E-state index contributed by atoms with van der Waals surface area (Å²) >= 11 is 0. The first kappa shape index (κ1) is 31.5. The summed E-state index contributed by atoms with van der Waals surface area (Å²) < 4.78 is 13.6. The number of benzene rings is 4. The van der Waals surface area contributed by atoms with Gasteiger partial charge in [0, 0.05) is 57.1 Å². The number of anilines is 1. The summed E-state index contributed by atoms with van der Waals surface area (Å²) in [5, 5.41) is 3.17. The highest BCUT2D eigenvalue weighted by atomic mass is 19.1. The number of guanidine groups is 1. The zero-order valence-corrected chi connectivity index (χ0v) is 27.0. The van der Waals surface area contributed by atoms with Gasteiger partial charge in [-0.25, -0.2) is 9.38 Å². The number of amides is 1. The molecule has 2 aliphatic heterocycles. The number of likely N-dealkylation sites (N-methyl/N-ethyl adjacent to an activating group) is 1. The summed E-state index contributed by atoms with van der Waals surface area (Å²) in [5.41, 5.74) is 7.12. The van der Waals surface area contributed by atoms with E-state index >= 15 is 0 Å². The second kappa shape index (κ2) is 14.3. The molecule has 1 N–H and O–H groups in total. The minimum absolute atomic E-state index is 0.0111. The molecule has 238 valence electrons. The minimum Gasteiger partial charge on any atom is -0.352 e.